The third kappa shape index (κ3) is 5.35. The van der Waals surface area contributed by atoms with Crippen molar-refractivity contribution in [1.82, 2.24) is 9.88 Å². The number of ether oxygens (including phenoxy) is 1. The number of nitrogens with one attached hydrogen (secondary N) is 2. The normalized spacial score (nSPS) is 18.4. The summed E-state index contributed by atoms with van der Waals surface area (Å²) in [6.45, 7) is 13.5. The van der Waals surface area contributed by atoms with Crippen LogP contribution in [0.1, 0.15) is 25.1 Å². The fraction of sp³-hybridized carbons (Fsp3) is 0.346. The number of aliphatic imine (C=N–C) groups is 1. The Morgan fingerprint density at radius 2 is 1.91 bits per heavy atom. The number of nitrogens with two attached hydrogens (primary N) is 1. The quantitative estimate of drug-likeness (QED) is 0.548. The van der Waals surface area contributed by atoms with Crippen LogP contribution < -0.4 is 16.0 Å². The molecule has 2 aliphatic rings. The Morgan fingerprint density at radius 1 is 1.18 bits per heavy atom. The Morgan fingerprint density at radius 3 is 2.59 bits per heavy atom. The molecule has 0 atom stereocenters. The molecule has 8 nitrogen and oxygen atoms in total. The first-order chi connectivity index (χ1) is 16.4. The van der Waals surface area contributed by atoms with Gasteiger partial charge in [0.15, 0.2) is 5.82 Å². The number of benzene rings is 1. The lowest BCUT2D eigenvalue weighted by atomic mass is 10.0. The molecule has 2 aliphatic heterocycles. The predicted octanol–water partition coefficient (Wildman–Crippen LogP) is 3.49. The van der Waals surface area contributed by atoms with Gasteiger partial charge in [0.1, 0.15) is 5.84 Å². The minimum absolute atomic E-state index is 0.384. The molecule has 1 saturated heterocycles. The molecule has 2 aromatic rings. The smallest absolute Gasteiger partial charge is 0.157 e. The SMILES string of the molecule is C=C1C(=NCCN2CCOCC2)Nc2ccc(/C(C(C)=N)=C(\C)N)nc2N1Cc1ccccc1. The third-order valence-corrected chi connectivity index (χ3v) is 5.98. The van der Waals surface area contributed by atoms with Gasteiger partial charge in [-0.3, -0.25) is 9.89 Å². The number of hydrogen-bond donors (Lipinski definition) is 3. The summed E-state index contributed by atoms with van der Waals surface area (Å²) in [6.07, 6.45) is 0. The highest BCUT2D eigenvalue weighted by Crippen LogP contribution is 2.35. The molecule has 4 rings (SSSR count). The molecule has 0 aliphatic carbocycles. The van der Waals surface area contributed by atoms with E-state index in [9.17, 15) is 0 Å². The number of pyridine rings is 1. The maximum absolute atomic E-state index is 8.17. The number of fused-ring (bicyclic) bond motifs is 1. The van der Waals surface area contributed by atoms with Crippen LogP contribution in [-0.4, -0.2) is 60.8 Å². The van der Waals surface area contributed by atoms with Crippen LogP contribution in [0.25, 0.3) is 5.57 Å². The Bertz CT molecular complexity index is 1110. The first-order valence-corrected chi connectivity index (χ1v) is 11.6. The molecular weight excluding hydrogens is 426 g/mol. The topological polar surface area (TPSA) is 103 Å². The van der Waals surface area contributed by atoms with Gasteiger partial charge in [0.2, 0.25) is 0 Å². The number of nitrogens with zero attached hydrogens (tertiary/aromatic N) is 4. The van der Waals surface area contributed by atoms with E-state index in [0.29, 0.717) is 35.8 Å². The maximum Gasteiger partial charge on any atom is 0.157 e. The predicted molar refractivity (Wildman–Crippen MR) is 139 cm³/mol. The van der Waals surface area contributed by atoms with Gasteiger partial charge in [-0.05, 0) is 31.5 Å². The largest absolute Gasteiger partial charge is 0.402 e. The zero-order valence-corrected chi connectivity index (χ0v) is 20.0. The van der Waals surface area contributed by atoms with E-state index in [0.717, 1.165) is 61.4 Å². The van der Waals surface area contributed by atoms with Crippen LogP contribution in [0, 0.1) is 5.41 Å². The van der Waals surface area contributed by atoms with Crippen LogP contribution in [0.5, 0.6) is 0 Å². The number of hydrogen-bond acceptors (Lipinski definition) is 7. The summed E-state index contributed by atoms with van der Waals surface area (Å²) in [4.78, 5) is 14.2. The van der Waals surface area contributed by atoms with Gasteiger partial charge in [0.05, 0.1) is 36.8 Å². The van der Waals surface area contributed by atoms with Crippen molar-refractivity contribution in [3.63, 3.8) is 0 Å². The van der Waals surface area contributed by atoms with Gasteiger partial charge in [-0.2, -0.15) is 0 Å². The number of anilines is 2. The Kier molecular flexibility index (Phi) is 7.40. The highest BCUT2D eigenvalue weighted by atomic mass is 16.5. The number of allylic oxidation sites excluding steroid dienone is 2. The highest BCUT2D eigenvalue weighted by Gasteiger charge is 2.27. The monoisotopic (exact) mass is 459 g/mol. The lowest BCUT2D eigenvalue weighted by Crippen LogP contribution is -2.39. The van der Waals surface area contributed by atoms with Crippen molar-refractivity contribution in [3.05, 3.63) is 71.7 Å². The number of aromatic nitrogens is 1. The molecule has 8 heteroatoms. The summed E-state index contributed by atoms with van der Waals surface area (Å²) in [5.41, 5.74) is 11.1. The summed E-state index contributed by atoms with van der Waals surface area (Å²) in [7, 11) is 0. The minimum Gasteiger partial charge on any atom is -0.402 e. The van der Waals surface area contributed by atoms with E-state index < -0.39 is 0 Å². The second-order valence-corrected chi connectivity index (χ2v) is 8.58. The fourth-order valence-electron chi connectivity index (χ4n) is 4.23. The molecule has 1 aromatic carbocycles. The zero-order valence-electron chi connectivity index (χ0n) is 20.0. The second-order valence-electron chi connectivity index (χ2n) is 8.58. The molecular formula is C26H33N7O. The molecule has 1 fully saturated rings. The molecule has 0 saturated carbocycles. The molecule has 0 radical (unpaired) electrons. The van der Waals surface area contributed by atoms with Crippen molar-refractivity contribution in [2.75, 3.05) is 49.6 Å². The van der Waals surface area contributed by atoms with Gasteiger partial charge in [0, 0.05) is 43.2 Å². The van der Waals surface area contributed by atoms with Crippen LogP contribution in [-0.2, 0) is 11.3 Å². The summed E-state index contributed by atoms with van der Waals surface area (Å²) in [5.74, 6) is 1.50. The average molecular weight is 460 g/mol. The lowest BCUT2D eigenvalue weighted by Gasteiger charge is -2.34. The first kappa shape index (κ1) is 23.7. The standard InChI is InChI=1S/C26H33N7O/c1-18(27)24(19(2)28)22-9-10-23-26(31-22)33(17-21-7-5-4-6-8-21)20(3)25(30-23)29-11-12-32-13-15-34-16-14-32/h4-10,27H,3,11-17,28H2,1-2H3,(H,29,30)/b24-19+,27-18?. The van der Waals surface area contributed by atoms with Gasteiger partial charge in [-0.25, -0.2) is 4.98 Å². The van der Waals surface area contributed by atoms with E-state index in [1.807, 2.05) is 30.3 Å². The number of rotatable bonds is 7. The van der Waals surface area contributed by atoms with E-state index in [4.69, 9.17) is 25.9 Å². The molecule has 0 amide bonds. The summed E-state index contributed by atoms with van der Waals surface area (Å²) >= 11 is 0. The Labute approximate surface area is 201 Å². The Balaban J connectivity index is 1.66. The molecule has 34 heavy (non-hydrogen) atoms. The average Bonchev–Trinajstić information content (AvgIpc) is 2.82. The van der Waals surface area contributed by atoms with E-state index in [2.05, 4.69) is 33.8 Å². The molecule has 0 bridgehead atoms. The van der Waals surface area contributed by atoms with Crippen molar-refractivity contribution in [3.8, 4) is 0 Å². The van der Waals surface area contributed by atoms with Crippen LogP contribution in [0.2, 0.25) is 0 Å². The van der Waals surface area contributed by atoms with E-state index in [1.54, 1.807) is 13.8 Å². The van der Waals surface area contributed by atoms with Gasteiger partial charge in [0.25, 0.3) is 0 Å². The van der Waals surface area contributed by atoms with Crippen molar-refractivity contribution in [2.45, 2.75) is 20.4 Å². The lowest BCUT2D eigenvalue weighted by molar-refractivity contribution is 0.0394. The molecule has 1 aromatic heterocycles. The number of amidine groups is 1. The van der Waals surface area contributed by atoms with Crippen molar-refractivity contribution >= 4 is 28.6 Å². The molecule has 178 valence electrons. The zero-order chi connectivity index (χ0) is 24.1. The maximum atomic E-state index is 8.17. The summed E-state index contributed by atoms with van der Waals surface area (Å²) in [6, 6.07) is 14.1. The van der Waals surface area contributed by atoms with Crippen LogP contribution in [0.3, 0.4) is 0 Å². The Hall–Kier alpha value is -3.49. The molecule has 0 unspecified atom stereocenters. The van der Waals surface area contributed by atoms with Crippen LogP contribution in [0.4, 0.5) is 11.5 Å². The van der Waals surface area contributed by atoms with Crippen LogP contribution >= 0.6 is 0 Å². The van der Waals surface area contributed by atoms with E-state index >= 15 is 0 Å². The molecule has 4 N–H and O–H groups in total. The summed E-state index contributed by atoms with van der Waals surface area (Å²) < 4.78 is 5.44. The summed E-state index contributed by atoms with van der Waals surface area (Å²) in [5, 5.41) is 11.6. The van der Waals surface area contributed by atoms with Crippen molar-refractivity contribution in [2.24, 2.45) is 10.7 Å². The van der Waals surface area contributed by atoms with Crippen molar-refractivity contribution < 1.29 is 4.74 Å². The van der Waals surface area contributed by atoms with Gasteiger partial charge in [-0.15, -0.1) is 0 Å². The fourth-order valence-corrected chi connectivity index (χ4v) is 4.23. The van der Waals surface area contributed by atoms with Crippen molar-refractivity contribution in [1.29, 1.82) is 5.41 Å². The molecule has 0 spiro atoms. The van der Waals surface area contributed by atoms with Gasteiger partial charge in [-0.1, -0.05) is 36.9 Å². The third-order valence-electron chi connectivity index (χ3n) is 5.98. The van der Waals surface area contributed by atoms with Gasteiger partial charge < -0.3 is 26.1 Å². The van der Waals surface area contributed by atoms with E-state index in [1.165, 1.54) is 0 Å². The van der Waals surface area contributed by atoms with E-state index in [-0.39, 0.29) is 0 Å². The van der Waals surface area contributed by atoms with Crippen LogP contribution in [0.15, 0.2) is 65.4 Å². The highest BCUT2D eigenvalue weighted by molar-refractivity contribution is 6.21. The number of morpholine rings is 1. The first-order valence-electron chi connectivity index (χ1n) is 11.6. The van der Waals surface area contributed by atoms with Gasteiger partial charge >= 0.3 is 0 Å². The second kappa shape index (κ2) is 10.6. The molecule has 3 heterocycles. The minimum atomic E-state index is 0.384.